The lowest BCUT2D eigenvalue weighted by atomic mass is 9.92. The van der Waals surface area contributed by atoms with Crippen LogP contribution in [-0.4, -0.2) is 137 Å². The summed E-state index contributed by atoms with van der Waals surface area (Å²) < 4.78 is 64.6. The van der Waals surface area contributed by atoms with Gasteiger partial charge < -0.3 is 29.0 Å². The number of sulfone groups is 1. The average Bonchev–Trinajstić information content (AvgIpc) is 3.77. The van der Waals surface area contributed by atoms with Gasteiger partial charge in [0.25, 0.3) is 0 Å². The number of fused-ring (bicyclic) bond motifs is 7. The maximum atomic E-state index is 14.4. The van der Waals surface area contributed by atoms with Crippen molar-refractivity contribution in [3.8, 4) is 56.1 Å². The first kappa shape index (κ1) is 50.5. The van der Waals surface area contributed by atoms with E-state index in [0.717, 1.165) is 37.3 Å². The van der Waals surface area contributed by atoms with Crippen molar-refractivity contribution in [3.05, 3.63) is 129 Å². The summed E-state index contributed by atoms with van der Waals surface area (Å²) >= 11 is 16.0. The Morgan fingerprint density at radius 3 is 2.29 bits per heavy atom. The molecule has 15 nitrogen and oxygen atoms in total. The van der Waals surface area contributed by atoms with E-state index in [2.05, 4.69) is 36.7 Å². The Hall–Kier alpha value is -5.99. The van der Waals surface area contributed by atoms with Crippen LogP contribution in [0.3, 0.4) is 0 Å². The van der Waals surface area contributed by atoms with Crippen LogP contribution in [0.5, 0.6) is 23.1 Å². The van der Waals surface area contributed by atoms with Gasteiger partial charge >= 0.3 is 5.97 Å². The molecule has 73 heavy (non-hydrogen) atoms. The van der Waals surface area contributed by atoms with Crippen molar-refractivity contribution in [3.63, 3.8) is 0 Å². The number of rotatable bonds is 10. The van der Waals surface area contributed by atoms with Gasteiger partial charge in [-0.1, -0.05) is 59.6 Å². The minimum atomic E-state index is -2.97. The molecule has 7 heterocycles. The first-order valence-corrected chi connectivity index (χ1v) is 27.3. The number of aromatic nitrogens is 4. The lowest BCUT2D eigenvalue weighted by Crippen LogP contribution is -2.49. The highest BCUT2D eigenvalue weighted by Crippen LogP contribution is 2.53. The van der Waals surface area contributed by atoms with Gasteiger partial charge in [0.1, 0.15) is 47.8 Å². The number of benzene rings is 4. The van der Waals surface area contributed by atoms with Gasteiger partial charge in [0, 0.05) is 86.5 Å². The van der Waals surface area contributed by atoms with E-state index in [1.54, 1.807) is 42.6 Å². The van der Waals surface area contributed by atoms with E-state index in [0.29, 0.717) is 103 Å². The van der Waals surface area contributed by atoms with Crippen molar-refractivity contribution in [2.75, 3.05) is 71.0 Å². The standard InChI is InChI=1S/C53H52Cl2FN7O8S2/c1-31-43-32(2)47(55)48(46(31)54)70-40(27-62-18-16-61(3)17-19-62)29-68-39-12-13-41(69-28-38-14-15-57-50(60-38)35-6-4-33(5-7-35)26-63-20-22-73(66,67)23-21-63)36(24-39)25-42(53(64)65)71-51-45-44(43)49(72-52(45)59-30-58-51)34-8-10-37(56)11-9-34/h4-15,24,30,40,42H,16-23,25-29H2,1-3H3,(H,64,65)/t40-,42-/m1/s1. The molecule has 4 bridgehead atoms. The number of carboxylic acid groups (broad SMARTS) is 1. The zero-order valence-corrected chi connectivity index (χ0v) is 43.5. The maximum absolute atomic E-state index is 14.4. The Morgan fingerprint density at radius 2 is 1.58 bits per heavy atom. The zero-order chi connectivity index (χ0) is 51.0. The van der Waals surface area contributed by atoms with E-state index >= 15 is 0 Å². The fraction of sp³-hybridized carbons (Fsp3) is 0.340. The Bertz CT molecular complexity index is 3260. The molecular weight excluding hydrogens is 1020 g/mol. The highest BCUT2D eigenvalue weighted by molar-refractivity contribution is 7.91. The summed E-state index contributed by atoms with van der Waals surface area (Å²) in [4.78, 5) is 39.9. The van der Waals surface area contributed by atoms with Crippen LogP contribution >= 0.6 is 34.5 Å². The van der Waals surface area contributed by atoms with Crippen molar-refractivity contribution < 1.29 is 41.7 Å². The van der Waals surface area contributed by atoms with Crippen LogP contribution in [0.25, 0.3) is 43.2 Å². The molecule has 380 valence electrons. The van der Waals surface area contributed by atoms with Crippen molar-refractivity contribution >= 4 is 60.6 Å². The van der Waals surface area contributed by atoms with Crippen LogP contribution in [0.1, 0.15) is 27.9 Å². The highest BCUT2D eigenvalue weighted by atomic mass is 35.5. The van der Waals surface area contributed by atoms with Gasteiger partial charge in [-0.3, -0.25) is 9.80 Å². The lowest BCUT2D eigenvalue weighted by Gasteiger charge is -2.35. The Balaban J connectivity index is 1.01. The molecule has 2 fully saturated rings. The van der Waals surface area contributed by atoms with Crippen LogP contribution in [0.4, 0.5) is 4.39 Å². The fourth-order valence-corrected chi connectivity index (χ4v) is 12.3. The third kappa shape index (κ3) is 11.3. The monoisotopic (exact) mass is 1070 g/mol. The zero-order valence-electron chi connectivity index (χ0n) is 40.3. The second-order valence-corrected chi connectivity index (χ2v) is 22.7. The van der Waals surface area contributed by atoms with Crippen LogP contribution in [0.15, 0.2) is 85.3 Å². The topological polar surface area (TPSA) is 170 Å². The third-order valence-electron chi connectivity index (χ3n) is 13.5. The first-order chi connectivity index (χ1) is 35.2. The minimum absolute atomic E-state index is 0.0123. The number of likely N-dealkylation sites (N-methyl/N-ethyl adjacent to an activating group) is 1. The van der Waals surface area contributed by atoms with Crippen LogP contribution in [-0.2, 0) is 34.2 Å². The van der Waals surface area contributed by atoms with E-state index in [4.69, 9.17) is 47.1 Å². The normalized spacial score (nSPS) is 18.7. The molecule has 0 saturated carbocycles. The number of hydrogen-bond donors (Lipinski definition) is 1. The molecule has 0 aliphatic carbocycles. The van der Waals surface area contributed by atoms with E-state index in [-0.39, 0.29) is 47.1 Å². The Morgan fingerprint density at radius 1 is 0.863 bits per heavy atom. The van der Waals surface area contributed by atoms with Crippen LogP contribution in [0.2, 0.25) is 10.0 Å². The van der Waals surface area contributed by atoms with E-state index in [1.807, 2.05) is 38.1 Å². The molecular formula is C53H52Cl2FN7O8S2. The van der Waals surface area contributed by atoms with Crippen molar-refractivity contribution in [2.45, 2.75) is 45.6 Å². The third-order valence-corrected chi connectivity index (χ3v) is 17.2. The van der Waals surface area contributed by atoms with Gasteiger partial charge in [-0.15, -0.1) is 11.3 Å². The molecule has 2 saturated heterocycles. The Kier molecular flexibility index (Phi) is 14.9. The molecule has 4 aliphatic heterocycles. The molecule has 7 aromatic rings. The number of nitrogens with zero attached hydrogens (tertiary/aromatic N) is 7. The van der Waals surface area contributed by atoms with Crippen molar-refractivity contribution in [2.24, 2.45) is 0 Å². The van der Waals surface area contributed by atoms with Gasteiger partial charge in [-0.25, -0.2) is 37.5 Å². The predicted molar refractivity (Wildman–Crippen MR) is 280 cm³/mol. The second-order valence-electron chi connectivity index (χ2n) is 18.6. The number of carbonyl (C=O) groups is 1. The summed E-state index contributed by atoms with van der Waals surface area (Å²) in [6.45, 7) is 9.43. The smallest absolute Gasteiger partial charge is 0.345 e. The number of hydrogen-bond acceptors (Lipinski definition) is 15. The number of halogens is 3. The summed E-state index contributed by atoms with van der Waals surface area (Å²) in [5.74, 6) is 0.302. The number of ether oxygens (including phenoxy) is 4. The largest absolute Gasteiger partial charge is 0.490 e. The van der Waals surface area contributed by atoms with Gasteiger partial charge in [0.15, 0.2) is 21.4 Å². The van der Waals surface area contributed by atoms with Gasteiger partial charge in [-0.2, -0.15) is 0 Å². The molecule has 0 amide bonds. The SMILES string of the molecule is Cc1c(Cl)c2c(Cl)c(C)c1-c1c(-c3ccc(F)cc3)sc3ncnc(c13)O[C@@H](C(=O)O)Cc1cc(ccc1OCc1ccnc(-c3ccc(CN4CCS(=O)(=O)CC4)cc3)n1)OC[C@@H](CN1CCN(C)CC1)O2. The van der Waals surface area contributed by atoms with Crippen LogP contribution < -0.4 is 18.9 Å². The molecule has 4 aliphatic rings. The van der Waals surface area contributed by atoms with Gasteiger partial charge in [0.05, 0.1) is 32.6 Å². The molecule has 0 radical (unpaired) electrons. The molecule has 4 aromatic carbocycles. The molecule has 0 unspecified atom stereocenters. The highest BCUT2D eigenvalue weighted by Gasteiger charge is 2.32. The molecule has 2 atom stereocenters. The van der Waals surface area contributed by atoms with E-state index < -0.39 is 33.8 Å². The summed E-state index contributed by atoms with van der Waals surface area (Å²) in [5, 5.41) is 11.9. The van der Waals surface area contributed by atoms with Crippen molar-refractivity contribution in [1.29, 1.82) is 0 Å². The van der Waals surface area contributed by atoms with Crippen molar-refractivity contribution in [1.82, 2.24) is 34.6 Å². The predicted octanol–water partition coefficient (Wildman–Crippen LogP) is 8.82. The van der Waals surface area contributed by atoms with Gasteiger partial charge in [0.2, 0.25) is 12.0 Å². The lowest BCUT2D eigenvalue weighted by molar-refractivity contribution is -0.145. The van der Waals surface area contributed by atoms with E-state index in [1.165, 1.54) is 29.8 Å². The maximum Gasteiger partial charge on any atom is 0.345 e. The number of aliphatic carboxylic acids is 1. The second kappa shape index (κ2) is 21.5. The van der Waals surface area contributed by atoms with Crippen LogP contribution in [0, 0.1) is 19.7 Å². The average molecular weight is 1070 g/mol. The number of piperazine rings is 1. The summed E-state index contributed by atoms with van der Waals surface area (Å²) in [7, 11) is -0.873. The first-order valence-electron chi connectivity index (χ1n) is 23.9. The number of carboxylic acids is 1. The van der Waals surface area contributed by atoms with Gasteiger partial charge in [-0.05, 0) is 85.1 Å². The number of thiophene rings is 1. The molecule has 20 heteroatoms. The quantitative estimate of drug-likeness (QED) is 0.138. The summed E-state index contributed by atoms with van der Waals surface area (Å²) in [5.41, 5.74) is 6.12. The fourth-order valence-electron chi connectivity index (χ4n) is 9.41. The summed E-state index contributed by atoms with van der Waals surface area (Å²) in [6, 6.07) is 21.0. The minimum Gasteiger partial charge on any atom is -0.490 e. The molecule has 3 aromatic heterocycles. The molecule has 11 rings (SSSR count). The van der Waals surface area contributed by atoms with E-state index in [9.17, 15) is 22.7 Å². The summed E-state index contributed by atoms with van der Waals surface area (Å²) in [6.07, 6.45) is 0.771. The molecule has 0 spiro atoms. The Labute approximate surface area is 436 Å². The molecule has 1 N–H and O–H groups in total.